The highest BCUT2D eigenvalue weighted by Crippen LogP contribution is 2.25. The Labute approximate surface area is 120 Å². The first-order valence-electron chi connectivity index (χ1n) is 7.03. The molecule has 0 bridgehead atoms. The van der Waals surface area contributed by atoms with E-state index in [0.29, 0.717) is 6.42 Å². The molecular formula is C16H25NO3. The fraction of sp³-hybridized carbons (Fsp3) is 0.562. The van der Waals surface area contributed by atoms with Crippen molar-refractivity contribution in [1.29, 1.82) is 0 Å². The highest BCUT2D eigenvalue weighted by molar-refractivity contribution is 5.78. The van der Waals surface area contributed by atoms with Gasteiger partial charge in [-0.05, 0) is 32.3 Å². The molecule has 1 aromatic rings. The maximum Gasteiger partial charge on any atom is 0.223 e. The molecule has 4 heteroatoms. The lowest BCUT2D eigenvalue weighted by Crippen LogP contribution is -2.47. The Hall–Kier alpha value is -1.39. The second-order valence-electron chi connectivity index (χ2n) is 5.75. The Morgan fingerprint density at radius 2 is 1.85 bits per heavy atom. The number of carbonyl (C=O) groups is 1. The average Bonchev–Trinajstić information content (AvgIpc) is 2.39. The number of aliphatic hydroxyl groups excluding tert-OH is 1. The summed E-state index contributed by atoms with van der Waals surface area (Å²) in [5, 5.41) is 22.4. The van der Waals surface area contributed by atoms with E-state index in [1.807, 2.05) is 32.0 Å². The fourth-order valence-electron chi connectivity index (χ4n) is 2.17. The molecule has 1 amide bonds. The van der Waals surface area contributed by atoms with Crippen LogP contribution in [-0.4, -0.2) is 28.3 Å². The third-order valence-electron chi connectivity index (χ3n) is 3.79. The SMILES string of the molecule is CCC(C)(CCO)NC(=O)CC(C)(O)c1ccccc1. The van der Waals surface area contributed by atoms with E-state index in [1.165, 1.54) is 0 Å². The summed E-state index contributed by atoms with van der Waals surface area (Å²) in [4.78, 5) is 12.1. The predicted molar refractivity (Wildman–Crippen MR) is 79.2 cm³/mol. The standard InChI is InChI=1S/C16H25NO3/c1-4-15(2,10-11-18)17-14(19)12-16(3,20)13-8-6-5-7-9-13/h5-9,18,20H,4,10-12H2,1-3H3,(H,17,19). The van der Waals surface area contributed by atoms with Crippen molar-refractivity contribution in [1.82, 2.24) is 5.32 Å². The molecule has 1 aromatic carbocycles. The summed E-state index contributed by atoms with van der Waals surface area (Å²) in [6, 6.07) is 9.16. The molecule has 0 saturated heterocycles. The summed E-state index contributed by atoms with van der Waals surface area (Å²) < 4.78 is 0. The Morgan fingerprint density at radius 1 is 1.25 bits per heavy atom. The molecule has 0 radical (unpaired) electrons. The van der Waals surface area contributed by atoms with Crippen LogP contribution in [0.4, 0.5) is 0 Å². The molecule has 3 N–H and O–H groups in total. The van der Waals surface area contributed by atoms with Crippen molar-refractivity contribution in [3.8, 4) is 0 Å². The minimum atomic E-state index is -1.20. The first-order valence-corrected chi connectivity index (χ1v) is 7.03. The van der Waals surface area contributed by atoms with E-state index in [1.54, 1.807) is 19.1 Å². The van der Waals surface area contributed by atoms with Crippen molar-refractivity contribution in [3.05, 3.63) is 35.9 Å². The maximum atomic E-state index is 12.1. The second kappa shape index (κ2) is 6.86. The lowest BCUT2D eigenvalue weighted by molar-refractivity contribution is -0.127. The predicted octanol–water partition coefficient (Wildman–Crippen LogP) is 1.95. The number of aliphatic hydroxyl groups is 2. The molecular weight excluding hydrogens is 254 g/mol. The molecule has 20 heavy (non-hydrogen) atoms. The van der Waals surface area contributed by atoms with Crippen LogP contribution in [0.25, 0.3) is 0 Å². The van der Waals surface area contributed by atoms with Crippen molar-refractivity contribution in [3.63, 3.8) is 0 Å². The van der Waals surface area contributed by atoms with Gasteiger partial charge in [-0.1, -0.05) is 37.3 Å². The Bertz CT molecular complexity index is 431. The van der Waals surface area contributed by atoms with Crippen LogP contribution in [0.1, 0.15) is 45.6 Å². The van der Waals surface area contributed by atoms with Gasteiger partial charge in [0.25, 0.3) is 0 Å². The van der Waals surface area contributed by atoms with Crippen LogP contribution in [0.2, 0.25) is 0 Å². The molecule has 4 nitrogen and oxygen atoms in total. The van der Waals surface area contributed by atoms with Crippen LogP contribution in [-0.2, 0) is 10.4 Å². The molecule has 2 atom stereocenters. The summed E-state index contributed by atoms with van der Waals surface area (Å²) in [5.74, 6) is -0.211. The van der Waals surface area contributed by atoms with Gasteiger partial charge in [-0.25, -0.2) is 0 Å². The highest BCUT2D eigenvalue weighted by Gasteiger charge is 2.30. The van der Waals surface area contributed by atoms with Gasteiger partial charge >= 0.3 is 0 Å². The zero-order valence-corrected chi connectivity index (χ0v) is 12.5. The van der Waals surface area contributed by atoms with Crippen LogP contribution in [0.15, 0.2) is 30.3 Å². The van der Waals surface area contributed by atoms with Crippen molar-refractivity contribution < 1.29 is 15.0 Å². The van der Waals surface area contributed by atoms with E-state index in [0.717, 1.165) is 12.0 Å². The van der Waals surface area contributed by atoms with E-state index >= 15 is 0 Å². The summed E-state index contributed by atoms with van der Waals surface area (Å²) in [5.41, 5.74) is -0.909. The number of rotatable bonds is 7. The first kappa shape index (κ1) is 16.7. The van der Waals surface area contributed by atoms with Crippen LogP contribution >= 0.6 is 0 Å². The van der Waals surface area contributed by atoms with E-state index in [-0.39, 0.29) is 18.9 Å². The number of nitrogens with one attached hydrogen (secondary N) is 1. The summed E-state index contributed by atoms with van der Waals surface area (Å²) in [7, 11) is 0. The lowest BCUT2D eigenvalue weighted by atomic mass is 9.90. The monoisotopic (exact) mass is 279 g/mol. The largest absolute Gasteiger partial charge is 0.396 e. The van der Waals surface area contributed by atoms with E-state index < -0.39 is 11.1 Å². The normalized spacial score (nSPS) is 17.1. The molecule has 2 unspecified atom stereocenters. The fourth-order valence-corrected chi connectivity index (χ4v) is 2.17. The molecule has 112 valence electrons. The van der Waals surface area contributed by atoms with Gasteiger partial charge in [0.05, 0.1) is 12.0 Å². The molecule has 0 heterocycles. The summed E-state index contributed by atoms with van der Waals surface area (Å²) in [6.45, 7) is 5.53. The van der Waals surface area contributed by atoms with Crippen molar-refractivity contribution in [2.24, 2.45) is 0 Å². The van der Waals surface area contributed by atoms with Crippen LogP contribution < -0.4 is 5.32 Å². The number of hydrogen-bond donors (Lipinski definition) is 3. The Kier molecular flexibility index (Phi) is 5.72. The second-order valence-corrected chi connectivity index (χ2v) is 5.75. The molecule has 0 fully saturated rings. The van der Waals surface area contributed by atoms with E-state index in [9.17, 15) is 9.90 Å². The number of benzene rings is 1. The lowest BCUT2D eigenvalue weighted by Gasteiger charge is -2.31. The molecule has 0 spiro atoms. The minimum absolute atomic E-state index is 0.00195. The van der Waals surface area contributed by atoms with Gasteiger partial charge in [-0.2, -0.15) is 0 Å². The molecule has 0 aliphatic heterocycles. The van der Waals surface area contributed by atoms with E-state index in [2.05, 4.69) is 5.32 Å². The van der Waals surface area contributed by atoms with Crippen LogP contribution in [0, 0.1) is 0 Å². The smallest absolute Gasteiger partial charge is 0.223 e. The van der Waals surface area contributed by atoms with Gasteiger partial charge < -0.3 is 15.5 Å². The van der Waals surface area contributed by atoms with Crippen LogP contribution in [0.5, 0.6) is 0 Å². The van der Waals surface area contributed by atoms with Crippen LogP contribution in [0.3, 0.4) is 0 Å². The molecule has 0 aliphatic carbocycles. The van der Waals surface area contributed by atoms with Gasteiger partial charge in [-0.15, -0.1) is 0 Å². The number of hydrogen-bond acceptors (Lipinski definition) is 3. The third-order valence-corrected chi connectivity index (χ3v) is 3.79. The topological polar surface area (TPSA) is 69.6 Å². The van der Waals surface area contributed by atoms with E-state index in [4.69, 9.17) is 5.11 Å². The molecule has 1 rings (SSSR count). The zero-order chi connectivity index (χ0) is 15.2. The highest BCUT2D eigenvalue weighted by atomic mass is 16.3. The first-order chi connectivity index (χ1) is 9.33. The number of amides is 1. The molecule has 0 aliphatic rings. The average molecular weight is 279 g/mol. The molecule has 0 saturated carbocycles. The van der Waals surface area contributed by atoms with Crippen molar-refractivity contribution in [2.45, 2.75) is 51.2 Å². The van der Waals surface area contributed by atoms with Gasteiger partial charge in [0.15, 0.2) is 0 Å². The van der Waals surface area contributed by atoms with Gasteiger partial charge in [-0.3, -0.25) is 4.79 Å². The van der Waals surface area contributed by atoms with Gasteiger partial charge in [0.2, 0.25) is 5.91 Å². The minimum Gasteiger partial charge on any atom is -0.396 e. The van der Waals surface area contributed by atoms with Crippen molar-refractivity contribution >= 4 is 5.91 Å². The van der Waals surface area contributed by atoms with Crippen molar-refractivity contribution in [2.75, 3.05) is 6.61 Å². The van der Waals surface area contributed by atoms with Gasteiger partial charge in [0.1, 0.15) is 0 Å². The number of carbonyl (C=O) groups excluding carboxylic acids is 1. The Morgan fingerprint density at radius 3 is 2.35 bits per heavy atom. The third kappa shape index (κ3) is 4.62. The molecule has 0 aromatic heterocycles. The van der Waals surface area contributed by atoms with Gasteiger partial charge in [0, 0.05) is 12.1 Å². The maximum absolute atomic E-state index is 12.1. The zero-order valence-electron chi connectivity index (χ0n) is 12.5. The summed E-state index contributed by atoms with van der Waals surface area (Å²) in [6.07, 6.45) is 1.23. The quantitative estimate of drug-likeness (QED) is 0.714. The Balaban J connectivity index is 2.70. The summed E-state index contributed by atoms with van der Waals surface area (Å²) >= 11 is 0.